The number of aliphatic carboxylic acids is 1. The molecule has 0 radical (unpaired) electrons. The number of rotatable bonds is 4. The lowest BCUT2D eigenvalue weighted by molar-refractivity contribution is -0.148. The standard InChI is InChI=1S/C13H17NO3S/c1-7-4-5-18-11(7)9-6-10(9)12(15)14(3)8(2)13(16)17/h4-5,8-10H,6H2,1-3H3,(H,16,17). The molecular formula is C13H17NO3S. The molecule has 1 aromatic heterocycles. The van der Waals surface area contributed by atoms with Crippen LogP contribution in [0.1, 0.15) is 29.7 Å². The van der Waals surface area contributed by atoms with E-state index in [1.54, 1.807) is 18.4 Å². The third-order valence-corrected chi connectivity index (χ3v) is 4.78. The van der Waals surface area contributed by atoms with Crippen LogP contribution in [0.15, 0.2) is 11.4 Å². The highest BCUT2D eigenvalue weighted by molar-refractivity contribution is 7.10. The molecule has 3 unspecified atom stereocenters. The van der Waals surface area contributed by atoms with Crippen molar-refractivity contribution >= 4 is 23.2 Å². The Kier molecular flexibility index (Phi) is 3.43. The highest BCUT2D eigenvalue weighted by Crippen LogP contribution is 2.51. The lowest BCUT2D eigenvalue weighted by Crippen LogP contribution is -2.41. The molecule has 1 aliphatic carbocycles. The molecule has 0 saturated heterocycles. The van der Waals surface area contributed by atoms with Gasteiger partial charge in [-0.3, -0.25) is 4.79 Å². The van der Waals surface area contributed by atoms with Gasteiger partial charge in [0.1, 0.15) is 6.04 Å². The van der Waals surface area contributed by atoms with E-state index in [-0.39, 0.29) is 11.8 Å². The summed E-state index contributed by atoms with van der Waals surface area (Å²) < 4.78 is 0. The quantitative estimate of drug-likeness (QED) is 0.908. The molecule has 1 fully saturated rings. The van der Waals surface area contributed by atoms with Crippen LogP contribution in [-0.2, 0) is 9.59 Å². The maximum absolute atomic E-state index is 12.1. The Bertz CT molecular complexity index is 482. The number of carboxylic acids is 1. The predicted molar refractivity (Wildman–Crippen MR) is 69.8 cm³/mol. The van der Waals surface area contributed by atoms with Crippen molar-refractivity contribution in [3.8, 4) is 0 Å². The molecule has 2 rings (SSSR count). The smallest absolute Gasteiger partial charge is 0.326 e. The van der Waals surface area contributed by atoms with Crippen molar-refractivity contribution in [3.63, 3.8) is 0 Å². The summed E-state index contributed by atoms with van der Waals surface area (Å²) in [5.41, 5.74) is 1.23. The Morgan fingerprint density at radius 2 is 2.22 bits per heavy atom. The van der Waals surface area contributed by atoms with E-state index in [1.165, 1.54) is 22.3 Å². The molecule has 4 nitrogen and oxygen atoms in total. The van der Waals surface area contributed by atoms with E-state index in [2.05, 4.69) is 13.0 Å². The van der Waals surface area contributed by atoms with Crippen molar-refractivity contribution in [2.75, 3.05) is 7.05 Å². The SMILES string of the molecule is Cc1ccsc1C1CC1C(=O)N(C)C(C)C(=O)O. The van der Waals surface area contributed by atoms with Crippen molar-refractivity contribution in [2.45, 2.75) is 32.2 Å². The van der Waals surface area contributed by atoms with Crippen LogP contribution >= 0.6 is 11.3 Å². The largest absolute Gasteiger partial charge is 0.480 e. The molecule has 0 bridgehead atoms. The summed E-state index contributed by atoms with van der Waals surface area (Å²) in [4.78, 5) is 25.6. The summed E-state index contributed by atoms with van der Waals surface area (Å²) >= 11 is 1.68. The summed E-state index contributed by atoms with van der Waals surface area (Å²) in [5, 5.41) is 10.9. The molecule has 1 saturated carbocycles. The third kappa shape index (κ3) is 2.27. The Morgan fingerprint density at radius 3 is 2.72 bits per heavy atom. The van der Waals surface area contributed by atoms with Gasteiger partial charge in [-0.1, -0.05) is 0 Å². The maximum Gasteiger partial charge on any atom is 0.326 e. The van der Waals surface area contributed by atoms with Gasteiger partial charge in [-0.2, -0.15) is 0 Å². The molecule has 1 aliphatic rings. The van der Waals surface area contributed by atoms with Crippen LogP contribution in [0.2, 0.25) is 0 Å². The third-order valence-electron chi connectivity index (χ3n) is 3.63. The molecular weight excluding hydrogens is 250 g/mol. The molecule has 0 spiro atoms. The van der Waals surface area contributed by atoms with Gasteiger partial charge in [0.2, 0.25) is 5.91 Å². The molecule has 0 aliphatic heterocycles. The Hall–Kier alpha value is -1.36. The van der Waals surface area contributed by atoms with Crippen LogP contribution < -0.4 is 0 Å². The number of carbonyl (C=O) groups excluding carboxylic acids is 1. The maximum atomic E-state index is 12.1. The number of nitrogens with zero attached hydrogens (tertiary/aromatic N) is 1. The van der Waals surface area contributed by atoms with Crippen molar-refractivity contribution < 1.29 is 14.7 Å². The van der Waals surface area contributed by atoms with E-state index < -0.39 is 12.0 Å². The number of amides is 1. The zero-order chi connectivity index (χ0) is 13.4. The van der Waals surface area contributed by atoms with E-state index in [9.17, 15) is 9.59 Å². The number of hydrogen-bond donors (Lipinski definition) is 1. The average Bonchev–Trinajstić information content (AvgIpc) is 3.01. The molecule has 1 heterocycles. The molecule has 5 heteroatoms. The summed E-state index contributed by atoms with van der Waals surface area (Å²) in [5.74, 6) is -0.756. The van der Waals surface area contributed by atoms with Crippen LogP contribution in [0.5, 0.6) is 0 Å². The normalized spacial score (nSPS) is 23.5. The highest BCUT2D eigenvalue weighted by atomic mass is 32.1. The van der Waals surface area contributed by atoms with E-state index in [4.69, 9.17) is 5.11 Å². The summed E-state index contributed by atoms with van der Waals surface area (Å²) in [7, 11) is 1.57. The van der Waals surface area contributed by atoms with Crippen molar-refractivity contribution in [3.05, 3.63) is 21.9 Å². The number of carboxylic acid groups (broad SMARTS) is 1. The van der Waals surface area contributed by atoms with Crippen LogP contribution in [0, 0.1) is 12.8 Å². The first-order valence-corrected chi connectivity index (χ1v) is 6.85. The Morgan fingerprint density at radius 1 is 1.56 bits per heavy atom. The average molecular weight is 267 g/mol. The number of hydrogen-bond acceptors (Lipinski definition) is 3. The second kappa shape index (κ2) is 4.72. The fraction of sp³-hybridized carbons (Fsp3) is 0.538. The molecule has 1 amide bonds. The second-order valence-corrected chi connectivity index (χ2v) is 5.83. The Balaban J connectivity index is 2.02. The van der Waals surface area contributed by atoms with Gasteiger partial charge in [0, 0.05) is 23.8 Å². The van der Waals surface area contributed by atoms with E-state index in [1.807, 2.05) is 5.38 Å². The van der Waals surface area contributed by atoms with Gasteiger partial charge in [0.25, 0.3) is 0 Å². The minimum atomic E-state index is -0.963. The van der Waals surface area contributed by atoms with Crippen molar-refractivity contribution in [1.29, 1.82) is 0 Å². The number of carbonyl (C=O) groups is 2. The molecule has 98 valence electrons. The lowest BCUT2D eigenvalue weighted by Gasteiger charge is -2.21. The van der Waals surface area contributed by atoms with E-state index >= 15 is 0 Å². The van der Waals surface area contributed by atoms with Gasteiger partial charge in [0.15, 0.2) is 0 Å². The first kappa shape index (κ1) is 13.1. The molecule has 1 aromatic rings. The minimum Gasteiger partial charge on any atom is -0.480 e. The first-order valence-electron chi connectivity index (χ1n) is 5.97. The molecule has 0 aromatic carbocycles. The van der Waals surface area contributed by atoms with Crippen LogP contribution in [0.4, 0.5) is 0 Å². The fourth-order valence-corrected chi connectivity index (χ4v) is 3.25. The molecule has 1 N–H and O–H groups in total. The molecule has 18 heavy (non-hydrogen) atoms. The lowest BCUT2D eigenvalue weighted by atomic mass is 10.1. The minimum absolute atomic E-state index is 0.0332. The van der Waals surface area contributed by atoms with Crippen LogP contribution in [0.3, 0.4) is 0 Å². The predicted octanol–water partition coefficient (Wildman–Crippen LogP) is 2.09. The summed E-state index contributed by atoms with van der Waals surface area (Å²) in [6.07, 6.45) is 0.844. The van der Waals surface area contributed by atoms with Crippen molar-refractivity contribution in [1.82, 2.24) is 4.90 Å². The van der Waals surface area contributed by atoms with E-state index in [0.717, 1.165) is 6.42 Å². The number of thiophene rings is 1. The Labute approximate surface area is 110 Å². The van der Waals surface area contributed by atoms with Crippen LogP contribution in [-0.4, -0.2) is 35.0 Å². The topological polar surface area (TPSA) is 57.6 Å². The number of likely N-dealkylation sites (N-methyl/N-ethyl adjacent to an activating group) is 1. The van der Waals surface area contributed by atoms with Gasteiger partial charge in [-0.25, -0.2) is 4.79 Å². The zero-order valence-electron chi connectivity index (χ0n) is 10.7. The van der Waals surface area contributed by atoms with Gasteiger partial charge in [0.05, 0.1) is 0 Å². The van der Waals surface area contributed by atoms with Crippen molar-refractivity contribution in [2.24, 2.45) is 5.92 Å². The second-order valence-electron chi connectivity index (χ2n) is 4.88. The number of aryl methyl sites for hydroxylation is 1. The monoisotopic (exact) mass is 267 g/mol. The summed E-state index contributed by atoms with van der Waals surface area (Å²) in [6.45, 7) is 3.59. The van der Waals surface area contributed by atoms with Gasteiger partial charge in [-0.05, 0) is 37.3 Å². The van der Waals surface area contributed by atoms with E-state index in [0.29, 0.717) is 5.92 Å². The zero-order valence-corrected chi connectivity index (χ0v) is 11.5. The highest BCUT2D eigenvalue weighted by Gasteiger charge is 2.47. The van der Waals surface area contributed by atoms with Crippen LogP contribution in [0.25, 0.3) is 0 Å². The molecule has 3 atom stereocenters. The summed E-state index contributed by atoms with van der Waals surface area (Å²) in [6, 6.07) is 1.30. The fourth-order valence-electron chi connectivity index (χ4n) is 2.14. The van der Waals surface area contributed by atoms with Gasteiger partial charge in [-0.15, -0.1) is 11.3 Å². The van der Waals surface area contributed by atoms with Gasteiger partial charge >= 0.3 is 5.97 Å². The van der Waals surface area contributed by atoms with Gasteiger partial charge < -0.3 is 10.0 Å². The first-order chi connectivity index (χ1) is 8.43.